The van der Waals surface area contributed by atoms with Crippen LogP contribution in [0.4, 0.5) is 0 Å². The minimum absolute atomic E-state index is 0.317. The molecule has 0 aromatic heterocycles. The van der Waals surface area contributed by atoms with Gasteiger partial charge < -0.3 is 4.74 Å². The molecule has 4 heteroatoms. The molecular weight excluding hydrogens is 347 g/mol. The van der Waals surface area contributed by atoms with E-state index in [1.54, 1.807) is 7.11 Å². The molecule has 0 saturated heterocycles. The van der Waals surface area contributed by atoms with Gasteiger partial charge in [0, 0.05) is 15.1 Å². The Morgan fingerprint density at radius 1 is 1.11 bits per heavy atom. The van der Waals surface area contributed by atoms with Gasteiger partial charge in [-0.15, -0.1) is 11.6 Å². The van der Waals surface area contributed by atoms with E-state index in [1.807, 2.05) is 43.3 Å². The van der Waals surface area contributed by atoms with E-state index in [9.17, 15) is 0 Å². The molecule has 0 heterocycles. The maximum atomic E-state index is 6.60. The summed E-state index contributed by atoms with van der Waals surface area (Å²) in [6.45, 7) is 2.03. The average Bonchev–Trinajstić information content (AvgIpc) is 2.40. The maximum Gasteiger partial charge on any atom is 0.123 e. The van der Waals surface area contributed by atoms with Crippen molar-refractivity contribution in [3.63, 3.8) is 0 Å². The van der Waals surface area contributed by atoms with Crippen LogP contribution in [0.15, 0.2) is 40.9 Å². The number of hydrogen-bond donors (Lipinski definition) is 0. The average molecular weight is 360 g/mol. The molecular formula is C15H13BrCl2O. The van der Waals surface area contributed by atoms with Crippen molar-refractivity contribution in [3.05, 3.63) is 62.6 Å². The quantitative estimate of drug-likeness (QED) is 0.634. The number of aryl methyl sites for hydroxylation is 1. The van der Waals surface area contributed by atoms with E-state index in [2.05, 4.69) is 15.9 Å². The van der Waals surface area contributed by atoms with E-state index in [0.717, 1.165) is 26.9 Å². The molecule has 2 rings (SSSR count). The van der Waals surface area contributed by atoms with Gasteiger partial charge in [0.2, 0.25) is 0 Å². The molecule has 0 N–H and O–H groups in total. The molecule has 0 aliphatic heterocycles. The highest BCUT2D eigenvalue weighted by molar-refractivity contribution is 9.10. The Labute approximate surface area is 131 Å². The molecule has 0 bridgehead atoms. The first-order valence-corrected chi connectivity index (χ1v) is 7.37. The van der Waals surface area contributed by atoms with Crippen LogP contribution in [0.1, 0.15) is 22.1 Å². The lowest BCUT2D eigenvalue weighted by Gasteiger charge is -2.16. The summed E-state index contributed by atoms with van der Waals surface area (Å²) in [4.78, 5) is 0. The molecule has 19 heavy (non-hydrogen) atoms. The highest BCUT2D eigenvalue weighted by Gasteiger charge is 2.18. The second-order valence-electron chi connectivity index (χ2n) is 4.27. The highest BCUT2D eigenvalue weighted by atomic mass is 79.9. The van der Waals surface area contributed by atoms with Crippen molar-refractivity contribution in [1.29, 1.82) is 0 Å². The molecule has 100 valence electrons. The van der Waals surface area contributed by atoms with Crippen molar-refractivity contribution in [2.24, 2.45) is 0 Å². The van der Waals surface area contributed by atoms with E-state index in [1.165, 1.54) is 0 Å². The van der Waals surface area contributed by atoms with Gasteiger partial charge in [-0.3, -0.25) is 0 Å². The van der Waals surface area contributed by atoms with Crippen LogP contribution >= 0.6 is 39.1 Å². The molecule has 0 aliphatic rings. The van der Waals surface area contributed by atoms with Crippen molar-refractivity contribution in [3.8, 4) is 5.75 Å². The van der Waals surface area contributed by atoms with E-state index in [-0.39, 0.29) is 5.38 Å². The fourth-order valence-electron chi connectivity index (χ4n) is 1.93. The van der Waals surface area contributed by atoms with Gasteiger partial charge in [-0.25, -0.2) is 0 Å². The third-order valence-electron chi connectivity index (χ3n) is 2.89. The first-order valence-electron chi connectivity index (χ1n) is 5.76. The molecule has 0 saturated carbocycles. The van der Waals surface area contributed by atoms with Gasteiger partial charge in [0.15, 0.2) is 0 Å². The fraction of sp³-hybridized carbons (Fsp3) is 0.200. The Kier molecular flexibility index (Phi) is 4.77. The largest absolute Gasteiger partial charge is 0.496 e. The van der Waals surface area contributed by atoms with Crippen molar-refractivity contribution >= 4 is 39.1 Å². The summed E-state index contributed by atoms with van der Waals surface area (Å²) in [6.07, 6.45) is 0. The first kappa shape index (κ1) is 14.7. The topological polar surface area (TPSA) is 9.23 Å². The van der Waals surface area contributed by atoms with Crippen molar-refractivity contribution < 1.29 is 4.74 Å². The van der Waals surface area contributed by atoms with E-state index < -0.39 is 0 Å². The number of benzene rings is 2. The van der Waals surface area contributed by atoms with Crippen LogP contribution < -0.4 is 4.74 Å². The van der Waals surface area contributed by atoms with E-state index >= 15 is 0 Å². The van der Waals surface area contributed by atoms with Crippen molar-refractivity contribution in [1.82, 2.24) is 0 Å². The number of methoxy groups -OCH3 is 1. The van der Waals surface area contributed by atoms with Crippen molar-refractivity contribution in [2.75, 3.05) is 7.11 Å². The number of hydrogen-bond acceptors (Lipinski definition) is 1. The summed E-state index contributed by atoms with van der Waals surface area (Å²) in [7, 11) is 1.64. The maximum absolute atomic E-state index is 6.60. The van der Waals surface area contributed by atoms with Crippen LogP contribution in [0.5, 0.6) is 5.75 Å². The number of rotatable bonds is 3. The Morgan fingerprint density at radius 3 is 2.53 bits per heavy atom. The number of halogens is 3. The van der Waals surface area contributed by atoms with Gasteiger partial charge in [0.05, 0.1) is 12.5 Å². The van der Waals surface area contributed by atoms with Crippen LogP contribution in [0.3, 0.4) is 0 Å². The van der Waals surface area contributed by atoms with Crippen LogP contribution in [0.25, 0.3) is 0 Å². The molecule has 0 spiro atoms. The molecule has 1 atom stereocenters. The highest BCUT2D eigenvalue weighted by Crippen LogP contribution is 2.39. The van der Waals surface area contributed by atoms with Crippen LogP contribution in [-0.4, -0.2) is 7.11 Å². The summed E-state index contributed by atoms with van der Waals surface area (Å²) < 4.78 is 6.31. The molecule has 0 radical (unpaired) electrons. The zero-order valence-electron chi connectivity index (χ0n) is 10.6. The third-order valence-corrected chi connectivity index (χ3v) is 4.32. The summed E-state index contributed by atoms with van der Waals surface area (Å²) in [6, 6.07) is 11.5. The van der Waals surface area contributed by atoms with Gasteiger partial charge in [-0.2, -0.15) is 0 Å². The van der Waals surface area contributed by atoms with Gasteiger partial charge in [-0.1, -0.05) is 45.2 Å². The van der Waals surface area contributed by atoms with Crippen LogP contribution in [0, 0.1) is 6.92 Å². The van der Waals surface area contributed by atoms with E-state index in [0.29, 0.717) is 5.02 Å². The Hall–Kier alpha value is -0.700. The Morgan fingerprint density at radius 2 is 1.84 bits per heavy atom. The summed E-state index contributed by atoms with van der Waals surface area (Å²) in [5, 5.41) is 0.346. The van der Waals surface area contributed by atoms with Gasteiger partial charge in [0.1, 0.15) is 5.75 Å². The zero-order chi connectivity index (χ0) is 14.0. The summed E-state index contributed by atoms with van der Waals surface area (Å²) in [5.74, 6) is 0.775. The normalized spacial score (nSPS) is 12.3. The second-order valence-corrected chi connectivity index (χ2v) is 6.00. The Bertz CT molecular complexity index is 599. The predicted molar refractivity (Wildman–Crippen MR) is 84.6 cm³/mol. The van der Waals surface area contributed by atoms with Gasteiger partial charge in [-0.05, 0) is 36.8 Å². The molecule has 0 amide bonds. The van der Waals surface area contributed by atoms with E-state index in [4.69, 9.17) is 27.9 Å². The third kappa shape index (κ3) is 3.25. The van der Waals surface area contributed by atoms with Gasteiger partial charge in [0.25, 0.3) is 0 Å². The van der Waals surface area contributed by atoms with Gasteiger partial charge >= 0.3 is 0 Å². The van der Waals surface area contributed by atoms with Crippen LogP contribution in [0.2, 0.25) is 5.02 Å². The number of alkyl halides is 1. The summed E-state index contributed by atoms with van der Waals surface area (Å²) >= 11 is 16.1. The number of ether oxygens (including phenoxy) is 1. The lowest BCUT2D eigenvalue weighted by atomic mass is 10.0. The fourth-order valence-corrected chi connectivity index (χ4v) is 3.07. The standard InChI is InChI=1S/C15H13BrCl2O/c1-9-3-6-14(19-2)12(7-9)15(18)11-8-10(17)4-5-13(11)16/h3-8,15H,1-2H3. The molecule has 2 aromatic carbocycles. The molecule has 2 aromatic rings. The first-order chi connectivity index (χ1) is 9.02. The predicted octanol–water partition coefficient (Wildman–Crippen LogP) is 5.75. The smallest absolute Gasteiger partial charge is 0.123 e. The Balaban J connectivity index is 2.51. The van der Waals surface area contributed by atoms with Crippen LogP contribution in [-0.2, 0) is 0 Å². The molecule has 1 unspecified atom stereocenters. The lowest BCUT2D eigenvalue weighted by Crippen LogP contribution is -1.99. The van der Waals surface area contributed by atoms with Crippen molar-refractivity contribution in [2.45, 2.75) is 12.3 Å². The molecule has 0 aliphatic carbocycles. The lowest BCUT2D eigenvalue weighted by molar-refractivity contribution is 0.410. The molecule has 1 nitrogen and oxygen atoms in total. The minimum Gasteiger partial charge on any atom is -0.496 e. The molecule has 0 fully saturated rings. The summed E-state index contributed by atoms with van der Waals surface area (Å²) in [5.41, 5.74) is 3.00. The monoisotopic (exact) mass is 358 g/mol. The zero-order valence-corrected chi connectivity index (χ0v) is 13.7. The SMILES string of the molecule is COc1ccc(C)cc1C(Cl)c1cc(Cl)ccc1Br. The second kappa shape index (κ2) is 6.17. The minimum atomic E-state index is -0.317.